The largest absolute Gasteiger partial charge is 0.756 e. The average Bonchev–Trinajstić information content (AvgIpc) is 3.10. The van der Waals surface area contributed by atoms with E-state index >= 15 is 0 Å². The van der Waals surface area contributed by atoms with Crippen LogP contribution in [0.1, 0.15) is 200 Å². The number of quaternary nitrogens is 1. The van der Waals surface area contributed by atoms with Gasteiger partial charge in [-0.25, -0.2) is 0 Å². The van der Waals surface area contributed by atoms with Crippen molar-refractivity contribution in [3.8, 4) is 0 Å². The molecule has 2 N–H and O–H groups in total. The van der Waals surface area contributed by atoms with Crippen molar-refractivity contribution in [1.29, 1.82) is 0 Å². The lowest BCUT2D eigenvalue weighted by Crippen LogP contribution is -2.46. The van der Waals surface area contributed by atoms with Crippen LogP contribution in [0.4, 0.5) is 0 Å². The Kier molecular flexibility index (Phi) is 35.9. The number of nitrogens with zero attached hydrogens (tertiary/aromatic N) is 1. The molecule has 0 aromatic heterocycles. The Hall–Kier alpha value is -1.02. The third-order valence-electron chi connectivity index (χ3n) is 9.94. The van der Waals surface area contributed by atoms with E-state index in [1.807, 2.05) is 21.1 Å². The molecule has 0 aromatic rings. The summed E-state index contributed by atoms with van der Waals surface area (Å²) < 4.78 is 23.2. The van der Waals surface area contributed by atoms with Gasteiger partial charge in [0.15, 0.2) is 0 Å². The topological polar surface area (TPSA) is 108 Å². The van der Waals surface area contributed by atoms with Gasteiger partial charge in [-0.1, -0.05) is 173 Å². The summed E-state index contributed by atoms with van der Waals surface area (Å²) in [6, 6.07) is -0.799. The predicted molar refractivity (Wildman–Crippen MR) is 224 cm³/mol. The van der Waals surface area contributed by atoms with Gasteiger partial charge < -0.3 is 28.8 Å². The van der Waals surface area contributed by atoms with Crippen molar-refractivity contribution in [1.82, 2.24) is 5.32 Å². The zero-order valence-corrected chi connectivity index (χ0v) is 36.4. The number of likely N-dealkylation sites (N-methyl/N-ethyl adjacent to an activating group) is 1. The van der Waals surface area contributed by atoms with Crippen LogP contribution in [0.3, 0.4) is 0 Å². The lowest BCUT2D eigenvalue weighted by atomic mass is 10.0. The molecule has 0 aliphatic rings. The Bertz CT molecular complexity index is 922. The molecular formula is C44H87N2O6P. The van der Waals surface area contributed by atoms with Gasteiger partial charge >= 0.3 is 0 Å². The molecule has 314 valence electrons. The number of carbonyl (C=O) groups is 1. The van der Waals surface area contributed by atoms with Crippen LogP contribution in [-0.2, 0) is 18.4 Å². The van der Waals surface area contributed by atoms with Gasteiger partial charge in [-0.15, -0.1) is 0 Å². The molecule has 0 saturated carbocycles. The molecule has 1 amide bonds. The monoisotopic (exact) mass is 771 g/mol. The van der Waals surface area contributed by atoms with Gasteiger partial charge in [0.2, 0.25) is 5.91 Å². The smallest absolute Gasteiger partial charge is 0.268 e. The number of hydrogen-bond acceptors (Lipinski definition) is 6. The minimum atomic E-state index is -4.56. The number of aliphatic hydroxyl groups is 1. The van der Waals surface area contributed by atoms with Gasteiger partial charge in [0.1, 0.15) is 13.2 Å². The van der Waals surface area contributed by atoms with E-state index in [0.717, 1.165) is 44.9 Å². The summed E-state index contributed by atoms with van der Waals surface area (Å²) in [5.41, 5.74) is 0. The highest BCUT2D eigenvalue weighted by Crippen LogP contribution is 2.38. The van der Waals surface area contributed by atoms with Gasteiger partial charge in [-0.2, -0.15) is 0 Å². The summed E-state index contributed by atoms with van der Waals surface area (Å²) >= 11 is 0. The summed E-state index contributed by atoms with van der Waals surface area (Å²) in [6.45, 7) is 4.68. The standard InChI is InChI=1S/C44H87N2O6P/c1-6-8-10-12-14-16-18-20-21-22-23-24-25-26-28-30-32-34-36-38-44(48)45-42(41-52-53(49,50)51-40-39-46(3,4)5)43(47)37-35-33-31-29-27-19-17-15-13-11-9-7-2/h14,16,20-21,42-43,47H,6-13,15,17-19,22-41H2,1-5H3,(H-,45,48,49,50)/b16-14-,21-20-. The lowest BCUT2D eigenvalue weighted by Gasteiger charge is -2.30. The molecule has 0 rings (SSSR count). The second kappa shape index (κ2) is 36.6. The number of phosphoric acid groups is 1. The number of allylic oxidation sites excluding steroid dienone is 4. The Labute approximate surface area is 328 Å². The van der Waals surface area contributed by atoms with E-state index in [-0.39, 0.29) is 19.1 Å². The number of aliphatic hydroxyl groups excluding tert-OH is 1. The van der Waals surface area contributed by atoms with E-state index in [1.165, 1.54) is 128 Å². The summed E-state index contributed by atoms with van der Waals surface area (Å²) in [7, 11) is 1.30. The van der Waals surface area contributed by atoms with Gasteiger partial charge in [-0.05, 0) is 44.9 Å². The van der Waals surface area contributed by atoms with Gasteiger partial charge in [-0.3, -0.25) is 9.36 Å². The second-order valence-corrected chi connectivity index (χ2v) is 17.8. The van der Waals surface area contributed by atoms with Crippen LogP contribution < -0.4 is 10.2 Å². The molecule has 3 atom stereocenters. The van der Waals surface area contributed by atoms with Crippen LogP contribution in [-0.4, -0.2) is 68.5 Å². The predicted octanol–water partition coefficient (Wildman–Crippen LogP) is 11.5. The lowest BCUT2D eigenvalue weighted by molar-refractivity contribution is -0.870. The Balaban J connectivity index is 4.33. The maximum absolute atomic E-state index is 12.9. The van der Waals surface area contributed by atoms with Crippen molar-refractivity contribution in [2.75, 3.05) is 40.9 Å². The van der Waals surface area contributed by atoms with E-state index in [2.05, 4.69) is 43.5 Å². The quantitative estimate of drug-likeness (QED) is 0.0278. The van der Waals surface area contributed by atoms with Gasteiger partial charge in [0.05, 0.1) is 39.9 Å². The Morgan fingerprint density at radius 2 is 1.09 bits per heavy atom. The molecule has 0 heterocycles. The highest BCUT2D eigenvalue weighted by atomic mass is 31.2. The van der Waals surface area contributed by atoms with E-state index in [1.54, 1.807) is 0 Å². The van der Waals surface area contributed by atoms with E-state index < -0.39 is 20.0 Å². The third-order valence-corrected chi connectivity index (χ3v) is 10.9. The summed E-state index contributed by atoms with van der Waals surface area (Å²) in [4.78, 5) is 25.3. The molecule has 0 aliphatic heterocycles. The Morgan fingerprint density at radius 3 is 1.60 bits per heavy atom. The van der Waals surface area contributed by atoms with Crippen LogP contribution in [0, 0.1) is 0 Å². The van der Waals surface area contributed by atoms with Crippen LogP contribution in [0.2, 0.25) is 0 Å². The van der Waals surface area contributed by atoms with Crippen molar-refractivity contribution in [3.05, 3.63) is 24.3 Å². The molecule has 0 bridgehead atoms. The zero-order valence-electron chi connectivity index (χ0n) is 35.5. The molecule has 0 radical (unpaired) electrons. The molecule has 0 spiro atoms. The first-order valence-corrected chi connectivity index (χ1v) is 23.6. The number of phosphoric ester groups is 1. The molecule has 3 unspecified atom stereocenters. The molecule has 53 heavy (non-hydrogen) atoms. The fraction of sp³-hybridized carbons (Fsp3) is 0.886. The number of unbranched alkanes of at least 4 members (excludes halogenated alkanes) is 23. The normalized spacial score (nSPS) is 14.6. The van der Waals surface area contributed by atoms with Crippen molar-refractivity contribution < 1.29 is 32.9 Å². The maximum atomic E-state index is 12.9. The fourth-order valence-corrected chi connectivity index (χ4v) is 7.09. The van der Waals surface area contributed by atoms with Crippen molar-refractivity contribution in [3.63, 3.8) is 0 Å². The van der Waals surface area contributed by atoms with Crippen LogP contribution in [0.15, 0.2) is 24.3 Å². The number of carbonyl (C=O) groups excluding carboxylic acids is 1. The van der Waals surface area contributed by atoms with Gasteiger partial charge in [0, 0.05) is 6.42 Å². The van der Waals surface area contributed by atoms with Crippen LogP contribution in [0.25, 0.3) is 0 Å². The molecule has 0 saturated heterocycles. The van der Waals surface area contributed by atoms with Crippen molar-refractivity contribution in [2.24, 2.45) is 0 Å². The molecule has 9 heteroatoms. The molecule has 0 fully saturated rings. The number of nitrogens with one attached hydrogen (secondary N) is 1. The zero-order chi connectivity index (χ0) is 39.3. The van der Waals surface area contributed by atoms with E-state index in [0.29, 0.717) is 23.9 Å². The average molecular weight is 771 g/mol. The summed E-state index contributed by atoms with van der Waals surface area (Å²) in [5, 5.41) is 13.9. The summed E-state index contributed by atoms with van der Waals surface area (Å²) in [5.74, 6) is -0.170. The molecule has 8 nitrogen and oxygen atoms in total. The highest BCUT2D eigenvalue weighted by molar-refractivity contribution is 7.45. The second-order valence-electron chi connectivity index (χ2n) is 16.4. The van der Waals surface area contributed by atoms with Crippen LogP contribution in [0.5, 0.6) is 0 Å². The van der Waals surface area contributed by atoms with Crippen molar-refractivity contribution >= 4 is 13.7 Å². The highest BCUT2D eigenvalue weighted by Gasteiger charge is 2.24. The van der Waals surface area contributed by atoms with Gasteiger partial charge in [0.25, 0.3) is 7.82 Å². The number of amides is 1. The first-order valence-electron chi connectivity index (χ1n) is 22.2. The number of hydrogen-bond donors (Lipinski definition) is 2. The minimum absolute atomic E-state index is 0.0118. The Morgan fingerprint density at radius 1 is 0.660 bits per heavy atom. The van der Waals surface area contributed by atoms with E-state index in [9.17, 15) is 19.4 Å². The number of rotatable bonds is 40. The molecular weight excluding hydrogens is 683 g/mol. The first kappa shape index (κ1) is 52.0. The SMILES string of the molecule is CCCCC/C=C\C/C=C\CCCCCCCCCCCC(=O)NC(COP(=O)([O-])OCC[N+](C)(C)C)C(O)CCCCCCCCCCCCCC. The fourth-order valence-electron chi connectivity index (χ4n) is 6.36. The first-order chi connectivity index (χ1) is 25.5. The van der Waals surface area contributed by atoms with Crippen LogP contribution >= 0.6 is 7.82 Å². The minimum Gasteiger partial charge on any atom is -0.756 e. The maximum Gasteiger partial charge on any atom is 0.268 e. The molecule has 0 aromatic carbocycles. The molecule has 0 aliphatic carbocycles. The van der Waals surface area contributed by atoms with Crippen molar-refractivity contribution in [2.45, 2.75) is 212 Å². The van der Waals surface area contributed by atoms with E-state index in [4.69, 9.17) is 9.05 Å². The summed E-state index contributed by atoms with van der Waals surface area (Å²) in [6.07, 6.45) is 41.7. The third kappa shape index (κ3) is 39.0.